The fourth-order valence-electron chi connectivity index (χ4n) is 3.45. The molecule has 0 radical (unpaired) electrons. The summed E-state index contributed by atoms with van der Waals surface area (Å²) in [5, 5.41) is 1.14. The van der Waals surface area contributed by atoms with Crippen LogP contribution in [0, 0.1) is 0 Å². The lowest BCUT2D eigenvalue weighted by Crippen LogP contribution is -1.98. The Morgan fingerprint density at radius 2 is 1.64 bits per heavy atom. The van der Waals surface area contributed by atoms with Gasteiger partial charge < -0.3 is 16.0 Å². The number of anilines is 1. The molecule has 0 spiro atoms. The number of aliphatic imine (C=N–C) groups is 1. The van der Waals surface area contributed by atoms with E-state index in [1.165, 1.54) is 0 Å². The van der Waals surface area contributed by atoms with Crippen LogP contribution in [-0.4, -0.2) is 17.3 Å². The molecule has 0 fully saturated rings. The number of hydrogen-bond donors (Lipinski definition) is 2. The predicted molar refractivity (Wildman–Crippen MR) is 120 cm³/mol. The van der Waals surface area contributed by atoms with E-state index in [4.69, 9.17) is 11.5 Å². The fourth-order valence-corrected chi connectivity index (χ4v) is 3.45. The number of nitrogens with zero attached hydrogens (tertiary/aromatic N) is 2. The van der Waals surface area contributed by atoms with Crippen molar-refractivity contribution < 1.29 is 0 Å². The maximum atomic E-state index is 6.26. The van der Waals surface area contributed by atoms with Crippen LogP contribution in [-0.2, 0) is 0 Å². The SMILES string of the molecule is NCC=NC=Cc1c(-c2ccccc2N)ccc2c1ccn2-c1ccccc1. The smallest absolute Gasteiger partial charge is 0.0534 e. The van der Waals surface area contributed by atoms with Crippen molar-refractivity contribution in [1.82, 2.24) is 4.57 Å². The van der Waals surface area contributed by atoms with E-state index in [0.29, 0.717) is 6.54 Å². The summed E-state index contributed by atoms with van der Waals surface area (Å²) in [6.07, 6.45) is 7.58. The van der Waals surface area contributed by atoms with Crippen LogP contribution in [0.2, 0.25) is 0 Å². The Bertz CT molecular complexity index is 1150. The van der Waals surface area contributed by atoms with Gasteiger partial charge in [-0.3, -0.25) is 4.99 Å². The number of rotatable bonds is 5. The molecule has 0 amide bonds. The highest BCUT2D eigenvalue weighted by Crippen LogP contribution is 2.35. The molecule has 0 atom stereocenters. The van der Waals surface area contributed by atoms with Gasteiger partial charge in [-0.05, 0) is 47.5 Å². The Kier molecular flexibility index (Phi) is 5.04. The molecule has 0 unspecified atom stereocenters. The first kappa shape index (κ1) is 17.8. The molecule has 4 nitrogen and oxygen atoms in total. The highest BCUT2D eigenvalue weighted by Gasteiger charge is 2.13. The molecule has 0 aliphatic rings. The minimum absolute atomic E-state index is 0.414. The third kappa shape index (κ3) is 3.33. The third-order valence-corrected chi connectivity index (χ3v) is 4.74. The highest BCUT2D eigenvalue weighted by atomic mass is 15.0. The van der Waals surface area contributed by atoms with Crippen LogP contribution in [0.25, 0.3) is 33.8 Å². The second kappa shape index (κ2) is 7.94. The Morgan fingerprint density at radius 1 is 0.857 bits per heavy atom. The first-order valence-corrected chi connectivity index (χ1v) is 9.22. The van der Waals surface area contributed by atoms with Gasteiger partial charge in [-0.1, -0.05) is 42.5 Å². The molecule has 0 saturated heterocycles. The van der Waals surface area contributed by atoms with Crippen molar-refractivity contribution in [2.75, 3.05) is 12.3 Å². The fraction of sp³-hybridized carbons (Fsp3) is 0.0417. The molecule has 1 heterocycles. The predicted octanol–water partition coefficient (Wildman–Crippen LogP) is 4.88. The molecule has 4 rings (SSSR count). The van der Waals surface area contributed by atoms with Gasteiger partial charge in [0, 0.05) is 47.5 Å². The average Bonchev–Trinajstić information content (AvgIpc) is 3.17. The van der Waals surface area contributed by atoms with Crippen molar-refractivity contribution >= 4 is 28.9 Å². The molecular formula is C24H22N4. The Labute approximate surface area is 164 Å². The van der Waals surface area contributed by atoms with Crippen molar-refractivity contribution in [1.29, 1.82) is 0 Å². The minimum Gasteiger partial charge on any atom is -0.398 e. The molecule has 28 heavy (non-hydrogen) atoms. The molecule has 4 N–H and O–H groups in total. The van der Waals surface area contributed by atoms with Crippen LogP contribution >= 0.6 is 0 Å². The summed E-state index contributed by atoms with van der Waals surface area (Å²) < 4.78 is 2.19. The van der Waals surface area contributed by atoms with Crippen molar-refractivity contribution in [3.8, 4) is 16.8 Å². The molecular weight excluding hydrogens is 344 g/mol. The zero-order valence-corrected chi connectivity index (χ0v) is 15.5. The Morgan fingerprint density at radius 3 is 2.43 bits per heavy atom. The maximum absolute atomic E-state index is 6.26. The molecule has 4 heteroatoms. The summed E-state index contributed by atoms with van der Waals surface area (Å²) >= 11 is 0. The lowest BCUT2D eigenvalue weighted by molar-refractivity contribution is 1.13. The first-order chi connectivity index (χ1) is 13.8. The topological polar surface area (TPSA) is 69.3 Å². The van der Waals surface area contributed by atoms with Gasteiger partial charge in [0.1, 0.15) is 0 Å². The summed E-state index contributed by atoms with van der Waals surface area (Å²) in [5.74, 6) is 0. The van der Waals surface area contributed by atoms with E-state index >= 15 is 0 Å². The van der Waals surface area contributed by atoms with Crippen LogP contribution in [0.3, 0.4) is 0 Å². The van der Waals surface area contributed by atoms with Crippen LogP contribution < -0.4 is 11.5 Å². The Hall–Kier alpha value is -3.63. The number of nitrogens with two attached hydrogens (primary N) is 2. The van der Waals surface area contributed by atoms with Gasteiger partial charge in [-0.2, -0.15) is 0 Å². The van der Waals surface area contributed by atoms with Crippen LogP contribution in [0.1, 0.15) is 5.56 Å². The van der Waals surface area contributed by atoms with Crippen molar-refractivity contribution in [2.45, 2.75) is 0 Å². The van der Waals surface area contributed by atoms with Gasteiger partial charge in [0.15, 0.2) is 0 Å². The molecule has 0 bridgehead atoms. The maximum Gasteiger partial charge on any atom is 0.0534 e. The highest BCUT2D eigenvalue weighted by molar-refractivity contribution is 5.98. The molecule has 1 aromatic heterocycles. The standard InChI is InChI=1S/C24H22N4/c25-14-16-27-15-12-20-19(21-8-4-5-9-23(21)26)10-11-24-22(20)13-17-28(24)18-6-2-1-3-7-18/h1-13,15-17H,14,25-26H2. The third-order valence-electron chi connectivity index (χ3n) is 4.74. The van der Waals surface area contributed by atoms with E-state index in [0.717, 1.165) is 39.0 Å². The number of para-hydroxylation sites is 2. The molecule has 138 valence electrons. The number of nitrogen functional groups attached to an aromatic ring is 1. The average molecular weight is 366 g/mol. The van der Waals surface area contributed by atoms with Crippen molar-refractivity contribution in [2.24, 2.45) is 10.7 Å². The van der Waals surface area contributed by atoms with E-state index in [9.17, 15) is 0 Å². The monoisotopic (exact) mass is 366 g/mol. The number of hydrogen-bond acceptors (Lipinski definition) is 3. The molecule has 0 saturated carbocycles. The summed E-state index contributed by atoms with van der Waals surface area (Å²) in [7, 11) is 0. The van der Waals surface area contributed by atoms with E-state index in [2.05, 4.69) is 46.1 Å². The van der Waals surface area contributed by atoms with Crippen LogP contribution in [0.15, 0.2) is 90.2 Å². The van der Waals surface area contributed by atoms with E-state index in [1.807, 2.05) is 48.5 Å². The normalized spacial score (nSPS) is 11.8. The van der Waals surface area contributed by atoms with Crippen LogP contribution in [0.5, 0.6) is 0 Å². The van der Waals surface area contributed by atoms with Crippen molar-refractivity contribution in [3.05, 3.63) is 90.8 Å². The molecule has 3 aromatic carbocycles. The number of benzene rings is 3. The minimum atomic E-state index is 0.414. The second-order valence-corrected chi connectivity index (χ2v) is 6.45. The number of fused-ring (bicyclic) bond motifs is 1. The largest absolute Gasteiger partial charge is 0.398 e. The van der Waals surface area contributed by atoms with Gasteiger partial charge in [-0.15, -0.1) is 0 Å². The van der Waals surface area contributed by atoms with E-state index < -0.39 is 0 Å². The van der Waals surface area contributed by atoms with Gasteiger partial charge in [0.2, 0.25) is 0 Å². The molecule has 0 aliphatic carbocycles. The summed E-state index contributed by atoms with van der Waals surface area (Å²) in [6, 6.07) is 24.6. The van der Waals surface area contributed by atoms with Crippen molar-refractivity contribution in [3.63, 3.8) is 0 Å². The van der Waals surface area contributed by atoms with Crippen LogP contribution in [0.4, 0.5) is 5.69 Å². The number of aromatic nitrogens is 1. The van der Waals surface area contributed by atoms with Gasteiger partial charge in [0.25, 0.3) is 0 Å². The van der Waals surface area contributed by atoms with Gasteiger partial charge in [-0.25, -0.2) is 0 Å². The summed E-state index contributed by atoms with van der Waals surface area (Å²) in [5.41, 5.74) is 18.0. The summed E-state index contributed by atoms with van der Waals surface area (Å²) in [6.45, 7) is 0.414. The van der Waals surface area contributed by atoms with E-state index in [1.54, 1.807) is 12.4 Å². The summed E-state index contributed by atoms with van der Waals surface area (Å²) in [4.78, 5) is 4.25. The first-order valence-electron chi connectivity index (χ1n) is 9.22. The molecule has 4 aromatic rings. The zero-order chi connectivity index (χ0) is 19.3. The molecule has 0 aliphatic heterocycles. The lowest BCUT2D eigenvalue weighted by Gasteiger charge is -2.12. The quantitative estimate of drug-likeness (QED) is 0.390. The van der Waals surface area contributed by atoms with E-state index in [-0.39, 0.29) is 0 Å². The zero-order valence-electron chi connectivity index (χ0n) is 15.5. The van der Waals surface area contributed by atoms with Gasteiger partial charge >= 0.3 is 0 Å². The second-order valence-electron chi connectivity index (χ2n) is 6.45. The Balaban J connectivity index is 1.94. The van der Waals surface area contributed by atoms with Gasteiger partial charge in [0.05, 0.1) is 5.52 Å². The lowest BCUT2D eigenvalue weighted by atomic mass is 9.95.